The summed E-state index contributed by atoms with van der Waals surface area (Å²) in [5.41, 5.74) is 11.1. The van der Waals surface area contributed by atoms with Crippen molar-refractivity contribution < 1.29 is 0 Å². The van der Waals surface area contributed by atoms with Crippen LogP contribution in [0.15, 0.2) is 24.3 Å². The van der Waals surface area contributed by atoms with E-state index in [1.165, 1.54) is 28.6 Å². The van der Waals surface area contributed by atoms with Crippen LogP contribution in [0.2, 0.25) is 0 Å². The van der Waals surface area contributed by atoms with Crippen LogP contribution in [0.4, 0.5) is 0 Å². The standard InChI is InChI=1S/C14H16N2/c1-9-10-5-2-3-7-12(10)16-13-8-4-6-11(15)14(9)13/h2-3,5,7,11H,4,6,8,15H2,1H3/t11-/m1/s1. The Morgan fingerprint density at radius 3 is 3.00 bits per heavy atom. The van der Waals surface area contributed by atoms with Crippen molar-refractivity contribution in [1.82, 2.24) is 4.98 Å². The van der Waals surface area contributed by atoms with E-state index in [0.717, 1.165) is 18.4 Å². The van der Waals surface area contributed by atoms with Crippen LogP contribution in [0, 0.1) is 6.92 Å². The molecule has 0 bridgehead atoms. The fraction of sp³-hybridized carbons (Fsp3) is 0.357. The molecule has 1 aliphatic carbocycles. The molecular weight excluding hydrogens is 196 g/mol. The van der Waals surface area contributed by atoms with Crippen LogP contribution in [0.25, 0.3) is 10.9 Å². The Morgan fingerprint density at radius 2 is 2.12 bits per heavy atom. The molecule has 1 aliphatic rings. The molecule has 2 nitrogen and oxygen atoms in total. The summed E-state index contributed by atoms with van der Waals surface area (Å²) in [6, 6.07) is 8.52. The molecule has 0 fully saturated rings. The summed E-state index contributed by atoms with van der Waals surface area (Å²) in [6.07, 6.45) is 3.33. The van der Waals surface area contributed by atoms with Gasteiger partial charge in [-0.15, -0.1) is 0 Å². The van der Waals surface area contributed by atoms with Gasteiger partial charge in [-0.1, -0.05) is 18.2 Å². The Bertz CT molecular complexity index is 546. The van der Waals surface area contributed by atoms with E-state index < -0.39 is 0 Å². The van der Waals surface area contributed by atoms with E-state index >= 15 is 0 Å². The molecule has 0 aliphatic heterocycles. The first-order valence-corrected chi connectivity index (χ1v) is 5.91. The van der Waals surface area contributed by atoms with Crippen molar-refractivity contribution in [3.8, 4) is 0 Å². The van der Waals surface area contributed by atoms with E-state index in [0.29, 0.717) is 0 Å². The first kappa shape index (κ1) is 9.79. The zero-order valence-corrected chi connectivity index (χ0v) is 9.53. The SMILES string of the molecule is Cc1c2c(nc3ccccc13)CCC[C@H]2N. The average Bonchev–Trinajstić information content (AvgIpc) is 2.29. The van der Waals surface area contributed by atoms with Gasteiger partial charge < -0.3 is 5.73 Å². The van der Waals surface area contributed by atoms with Crippen LogP contribution in [0.1, 0.15) is 35.7 Å². The molecule has 0 saturated carbocycles. The van der Waals surface area contributed by atoms with Gasteiger partial charge in [0.1, 0.15) is 0 Å². The molecular formula is C14H16N2. The highest BCUT2D eigenvalue weighted by Crippen LogP contribution is 2.33. The predicted octanol–water partition coefficient (Wildman–Crippen LogP) is 2.88. The minimum atomic E-state index is 0.181. The molecule has 0 unspecified atom stereocenters. The zero-order valence-electron chi connectivity index (χ0n) is 9.53. The van der Waals surface area contributed by atoms with Crippen LogP contribution in [-0.4, -0.2) is 4.98 Å². The quantitative estimate of drug-likeness (QED) is 0.729. The molecule has 3 rings (SSSR count). The van der Waals surface area contributed by atoms with Gasteiger partial charge in [0.2, 0.25) is 0 Å². The molecule has 1 heterocycles. The number of pyridine rings is 1. The maximum atomic E-state index is 6.20. The van der Waals surface area contributed by atoms with Crippen LogP contribution < -0.4 is 5.73 Å². The maximum Gasteiger partial charge on any atom is 0.0708 e. The number of rotatable bonds is 0. The van der Waals surface area contributed by atoms with E-state index in [-0.39, 0.29) is 6.04 Å². The molecule has 1 aromatic heterocycles. The Labute approximate surface area is 95.5 Å². The fourth-order valence-electron chi connectivity index (χ4n) is 2.77. The Hall–Kier alpha value is -1.41. The minimum absolute atomic E-state index is 0.181. The van der Waals surface area contributed by atoms with E-state index in [1.807, 2.05) is 6.07 Å². The lowest BCUT2D eigenvalue weighted by atomic mass is 9.87. The second-order valence-corrected chi connectivity index (χ2v) is 4.61. The van der Waals surface area contributed by atoms with E-state index in [4.69, 9.17) is 10.7 Å². The number of benzene rings is 1. The smallest absolute Gasteiger partial charge is 0.0708 e. The average molecular weight is 212 g/mol. The summed E-state index contributed by atoms with van der Waals surface area (Å²) in [4.78, 5) is 4.75. The molecule has 16 heavy (non-hydrogen) atoms. The normalized spacial score (nSPS) is 19.8. The number of hydrogen-bond donors (Lipinski definition) is 1. The van der Waals surface area contributed by atoms with Gasteiger partial charge in [-0.2, -0.15) is 0 Å². The zero-order chi connectivity index (χ0) is 11.1. The molecule has 0 amide bonds. The third-order valence-electron chi connectivity index (χ3n) is 3.58. The summed E-state index contributed by atoms with van der Waals surface area (Å²) < 4.78 is 0. The summed E-state index contributed by atoms with van der Waals surface area (Å²) in [7, 11) is 0. The van der Waals surface area contributed by atoms with Gasteiger partial charge in [0.05, 0.1) is 5.52 Å². The van der Waals surface area contributed by atoms with Gasteiger partial charge in [-0.3, -0.25) is 4.98 Å². The Kier molecular flexibility index (Phi) is 2.18. The van der Waals surface area contributed by atoms with Gasteiger partial charge in [-0.05, 0) is 43.4 Å². The van der Waals surface area contributed by atoms with E-state index in [9.17, 15) is 0 Å². The maximum absolute atomic E-state index is 6.20. The number of nitrogens with zero attached hydrogens (tertiary/aromatic N) is 1. The third-order valence-corrected chi connectivity index (χ3v) is 3.58. The van der Waals surface area contributed by atoms with Crippen molar-refractivity contribution >= 4 is 10.9 Å². The molecule has 0 spiro atoms. The van der Waals surface area contributed by atoms with Gasteiger partial charge in [0.25, 0.3) is 0 Å². The van der Waals surface area contributed by atoms with Gasteiger partial charge in [0, 0.05) is 17.1 Å². The van der Waals surface area contributed by atoms with Crippen molar-refractivity contribution in [2.75, 3.05) is 0 Å². The number of fused-ring (bicyclic) bond motifs is 2. The molecule has 2 aromatic rings. The molecule has 82 valence electrons. The molecule has 0 radical (unpaired) electrons. The molecule has 2 N–H and O–H groups in total. The molecule has 0 saturated heterocycles. The second kappa shape index (κ2) is 3.56. The predicted molar refractivity (Wildman–Crippen MR) is 66.3 cm³/mol. The number of nitrogens with two attached hydrogens (primary N) is 1. The highest BCUT2D eigenvalue weighted by molar-refractivity contribution is 5.83. The first-order valence-electron chi connectivity index (χ1n) is 5.91. The van der Waals surface area contributed by atoms with Crippen molar-refractivity contribution in [2.24, 2.45) is 5.73 Å². The molecule has 1 aromatic carbocycles. The lowest BCUT2D eigenvalue weighted by Gasteiger charge is -2.24. The monoisotopic (exact) mass is 212 g/mol. The lowest BCUT2D eigenvalue weighted by Crippen LogP contribution is -2.20. The van der Waals surface area contributed by atoms with Gasteiger partial charge in [-0.25, -0.2) is 0 Å². The van der Waals surface area contributed by atoms with Gasteiger partial charge >= 0.3 is 0 Å². The lowest BCUT2D eigenvalue weighted by molar-refractivity contribution is 0.559. The van der Waals surface area contributed by atoms with E-state index in [2.05, 4.69) is 25.1 Å². The summed E-state index contributed by atoms with van der Waals surface area (Å²) in [6.45, 7) is 2.17. The van der Waals surface area contributed by atoms with Crippen molar-refractivity contribution in [3.05, 3.63) is 41.1 Å². The molecule has 1 atom stereocenters. The van der Waals surface area contributed by atoms with Crippen molar-refractivity contribution in [3.63, 3.8) is 0 Å². The number of aryl methyl sites for hydroxylation is 2. The number of hydrogen-bond acceptors (Lipinski definition) is 2. The van der Waals surface area contributed by atoms with Crippen LogP contribution in [0.3, 0.4) is 0 Å². The highest BCUT2D eigenvalue weighted by Gasteiger charge is 2.21. The van der Waals surface area contributed by atoms with Crippen molar-refractivity contribution in [1.29, 1.82) is 0 Å². The fourth-order valence-corrected chi connectivity index (χ4v) is 2.77. The van der Waals surface area contributed by atoms with Crippen LogP contribution in [-0.2, 0) is 6.42 Å². The Morgan fingerprint density at radius 1 is 1.31 bits per heavy atom. The van der Waals surface area contributed by atoms with Crippen LogP contribution >= 0.6 is 0 Å². The number of aromatic nitrogens is 1. The highest BCUT2D eigenvalue weighted by atomic mass is 14.7. The first-order chi connectivity index (χ1) is 7.77. The Balaban J connectivity index is 2.36. The van der Waals surface area contributed by atoms with Crippen molar-refractivity contribution in [2.45, 2.75) is 32.2 Å². The summed E-state index contributed by atoms with van der Waals surface area (Å²) in [5.74, 6) is 0. The topological polar surface area (TPSA) is 38.9 Å². The van der Waals surface area contributed by atoms with E-state index in [1.54, 1.807) is 0 Å². The number of para-hydroxylation sites is 1. The minimum Gasteiger partial charge on any atom is -0.324 e. The van der Waals surface area contributed by atoms with Crippen LogP contribution in [0.5, 0.6) is 0 Å². The summed E-state index contributed by atoms with van der Waals surface area (Å²) in [5, 5.41) is 1.25. The largest absolute Gasteiger partial charge is 0.324 e. The molecule has 2 heteroatoms. The summed E-state index contributed by atoms with van der Waals surface area (Å²) >= 11 is 0. The third kappa shape index (κ3) is 1.34. The second-order valence-electron chi connectivity index (χ2n) is 4.61. The van der Waals surface area contributed by atoms with Gasteiger partial charge in [0.15, 0.2) is 0 Å².